The monoisotopic (exact) mass is 249 g/mol. The van der Waals surface area contributed by atoms with Crippen LogP contribution in [0.2, 0.25) is 0 Å². The molecule has 0 radical (unpaired) electrons. The van der Waals surface area contributed by atoms with E-state index in [0.29, 0.717) is 0 Å². The summed E-state index contributed by atoms with van der Waals surface area (Å²) in [5.74, 6) is 0.951. The minimum Gasteiger partial charge on any atom is -0.496 e. The maximum Gasteiger partial charge on any atom is 0.122 e. The maximum absolute atomic E-state index is 5.71. The molecule has 1 fully saturated rings. The second-order valence-corrected chi connectivity index (χ2v) is 5.77. The van der Waals surface area contributed by atoms with Crippen molar-refractivity contribution in [3.63, 3.8) is 0 Å². The predicted molar refractivity (Wildman–Crippen MR) is 73.2 cm³/mol. The second kappa shape index (κ2) is 4.90. The summed E-state index contributed by atoms with van der Waals surface area (Å²) >= 11 is 0. The molecule has 2 rings (SSSR count). The van der Waals surface area contributed by atoms with Gasteiger partial charge in [-0.25, -0.2) is 0 Å². The number of aryl methyl sites for hydroxylation is 2. The lowest BCUT2D eigenvalue weighted by atomic mass is 9.94. The summed E-state index contributed by atoms with van der Waals surface area (Å²) in [6, 6.07) is 4.57. The van der Waals surface area contributed by atoms with Crippen molar-refractivity contribution in [1.82, 2.24) is 5.32 Å². The van der Waals surface area contributed by atoms with Crippen molar-refractivity contribution in [1.29, 1.82) is 0 Å². The first kappa shape index (κ1) is 13.4. The molecule has 100 valence electrons. The molecule has 1 N–H and O–H groups in total. The first-order valence-corrected chi connectivity index (χ1v) is 6.43. The van der Waals surface area contributed by atoms with E-state index in [0.717, 1.165) is 19.0 Å². The highest BCUT2D eigenvalue weighted by Gasteiger charge is 2.29. The zero-order valence-corrected chi connectivity index (χ0v) is 12.0. The van der Waals surface area contributed by atoms with Crippen LogP contribution in [0.15, 0.2) is 12.1 Å². The molecule has 0 amide bonds. The van der Waals surface area contributed by atoms with E-state index in [2.05, 4.69) is 45.1 Å². The standard InChI is InChI=1S/C15H23NO2/c1-10-7-14(17-5)11(2)6-12(10)13-8-18-9-15(3,4)16-13/h6-7,13,16H,8-9H2,1-5H3. The molecular formula is C15H23NO2. The minimum absolute atomic E-state index is 0.0309. The number of nitrogens with one attached hydrogen (secondary N) is 1. The summed E-state index contributed by atoms with van der Waals surface area (Å²) in [7, 11) is 1.71. The summed E-state index contributed by atoms with van der Waals surface area (Å²) in [6.07, 6.45) is 0. The quantitative estimate of drug-likeness (QED) is 0.874. The normalized spacial score (nSPS) is 22.8. The van der Waals surface area contributed by atoms with Gasteiger partial charge >= 0.3 is 0 Å². The van der Waals surface area contributed by atoms with Gasteiger partial charge in [0.2, 0.25) is 0 Å². The van der Waals surface area contributed by atoms with Crippen LogP contribution < -0.4 is 10.1 Å². The average Bonchev–Trinajstić information content (AvgIpc) is 2.30. The molecule has 0 saturated carbocycles. The van der Waals surface area contributed by atoms with Gasteiger partial charge in [-0.1, -0.05) is 6.07 Å². The lowest BCUT2D eigenvalue weighted by Crippen LogP contribution is -2.51. The molecule has 0 spiro atoms. The molecule has 1 aromatic rings. The number of benzene rings is 1. The third-order valence-corrected chi connectivity index (χ3v) is 3.47. The summed E-state index contributed by atoms with van der Waals surface area (Å²) in [5, 5.41) is 3.65. The van der Waals surface area contributed by atoms with Gasteiger partial charge in [0.1, 0.15) is 5.75 Å². The Morgan fingerprint density at radius 2 is 2.00 bits per heavy atom. The van der Waals surface area contributed by atoms with Crippen molar-refractivity contribution in [2.45, 2.75) is 39.3 Å². The SMILES string of the molecule is COc1cc(C)c(C2COCC(C)(C)N2)cc1C. The molecule has 1 aromatic carbocycles. The van der Waals surface area contributed by atoms with Crippen LogP contribution in [0.5, 0.6) is 5.75 Å². The van der Waals surface area contributed by atoms with Gasteiger partial charge in [0, 0.05) is 5.54 Å². The van der Waals surface area contributed by atoms with Gasteiger partial charge in [-0.05, 0) is 50.5 Å². The summed E-state index contributed by atoms with van der Waals surface area (Å²) < 4.78 is 11.1. The van der Waals surface area contributed by atoms with Crippen molar-refractivity contribution in [2.24, 2.45) is 0 Å². The van der Waals surface area contributed by atoms with E-state index in [1.54, 1.807) is 7.11 Å². The van der Waals surface area contributed by atoms with E-state index in [1.165, 1.54) is 16.7 Å². The van der Waals surface area contributed by atoms with Crippen LogP contribution in [0, 0.1) is 13.8 Å². The largest absolute Gasteiger partial charge is 0.496 e. The summed E-state index contributed by atoms with van der Waals surface area (Å²) in [5.41, 5.74) is 3.75. The fourth-order valence-electron chi connectivity index (χ4n) is 2.56. The minimum atomic E-state index is 0.0309. The Morgan fingerprint density at radius 1 is 1.28 bits per heavy atom. The number of rotatable bonds is 2. The Hall–Kier alpha value is -1.06. The highest BCUT2D eigenvalue weighted by atomic mass is 16.5. The summed E-state index contributed by atoms with van der Waals surface area (Å²) in [6.45, 7) is 10.0. The Kier molecular flexibility index (Phi) is 3.64. The molecular weight excluding hydrogens is 226 g/mol. The van der Waals surface area contributed by atoms with E-state index < -0.39 is 0 Å². The number of hydrogen-bond acceptors (Lipinski definition) is 3. The van der Waals surface area contributed by atoms with Gasteiger partial charge in [-0.3, -0.25) is 0 Å². The molecule has 1 aliphatic rings. The predicted octanol–water partition coefficient (Wildman–Crippen LogP) is 2.75. The maximum atomic E-state index is 5.71. The highest BCUT2D eigenvalue weighted by molar-refractivity contribution is 5.43. The van der Waals surface area contributed by atoms with Crippen LogP contribution in [-0.2, 0) is 4.74 Å². The Bertz CT molecular complexity index is 440. The Morgan fingerprint density at radius 3 is 2.61 bits per heavy atom. The van der Waals surface area contributed by atoms with E-state index in [-0.39, 0.29) is 11.6 Å². The first-order valence-electron chi connectivity index (χ1n) is 6.43. The van der Waals surface area contributed by atoms with E-state index in [1.807, 2.05) is 0 Å². The first-order chi connectivity index (χ1) is 8.43. The van der Waals surface area contributed by atoms with Gasteiger partial charge in [-0.15, -0.1) is 0 Å². The fourth-order valence-corrected chi connectivity index (χ4v) is 2.56. The van der Waals surface area contributed by atoms with Crippen molar-refractivity contribution in [3.05, 3.63) is 28.8 Å². The molecule has 1 heterocycles. The summed E-state index contributed by atoms with van der Waals surface area (Å²) in [4.78, 5) is 0. The van der Waals surface area contributed by atoms with Crippen LogP contribution in [0.4, 0.5) is 0 Å². The van der Waals surface area contributed by atoms with Crippen molar-refractivity contribution < 1.29 is 9.47 Å². The Balaban J connectivity index is 2.30. The van der Waals surface area contributed by atoms with E-state index in [4.69, 9.17) is 9.47 Å². The highest BCUT2D eigenvalue weighted by Crippen LogP contribution is 2.29. The van der Waals surface area contributed by atoms with Crippen LogP contribution in [-0.4, -0.2) is 25.9 Å². The second-order valence-electron chi connectivity index (χ2n) is 5.77. The molecule has 1 aliphatic heterocycles. The molecule has 0 aromatic heterocycles. The van der Waals surface area contributed by atoms with E-state index >= 15 is 0 Å². The van der Waals surface area contributed by atoms with Crippen LogP contribution in [0.1, 0.15) is 36.6 Å². The van der Waals surface area contributed by atoms with Gasteiger partial charge in [-0.2, -0.15) is 0 Å². The molecule has 3 nitrogen and oxygen atoms in total. The molecule has 0 bridgehead atoms. The lowest BCUT2D eigenvalue weighted by molar-refractivity contribution is 0.0125. The fraction of sp³-hybridized carbons (Fsp3) is 0.600. The van der Waals surface area contributed by atoms with Gasteiger partial charge in [0.25, 0.3) is 0 Å². The van der Waals surface area contributed by atoms with Crippen molar-refractivity contribution >= 4 is 0 Å². The molecule has 1 unspecified atom stereocenters. The lowest BCUT2D eigenvalue weighted by Gasteiger charge is -2.37. The van der Waals surface area contributed by atoms with Crippen molar-refractivity contribution in [3.8, 4) is 5.75 Å². The number of ether oxygens (including phenoxy) is 2. The zero-order chi connectivity index (χ0) is 13.3. The molecule has 1 saturated heterocycles. The molecule has 1 atom stereocenters. The third-order valence-electron chi connectivity index (χ3n) is 3.47. The number of morpholine rings is 1. The van der Waals surface area contributed by atoms with Gasteiger partial charge in [0.15, 0.2) is 0 Å². The molecule has 0 aliphatic carbocycles. The number of methoxy groups -OCH3 is 1. The average molecular weight is 249 g/mol. The van der Waals surface area contributed by atoms with Crippen molar-refractivity contribution in [2.75, 3.05) is 20.3 Å². The van der Waals surface area contributed by atoms with Gasteiger partial charge < -0.3 is 14.8 Å². The number of hydrogen-bond donors (Lipinski definition) is 1. The Labute approximate surface area is 109 Å². The van der Waals surface area contributed by atoms with Crippen LogP contribution in [0.25, 0.3) is 0 Å². The molecule has 3 heteroatoms. The third kappa shape index (κ3) is 2.68. The van der Waals surface area contributed by atoms with E-state index in [9.17, 15) is 0 Å². The van der Waals surface area contributed by atoms with Crippen LogP contribution >= 0.6 is 0 Å². The smallest absolute Gasteiger partial charge is 0.122 e. The molecule has 18 heavy (non-hydrogen) atoms. The van der Waals surface area contributed by atoms with Crippen LogP contribution in [0.3, 0.4) is 0 Å². The topological polar surface area (TPSA) is 30.5 Å². The zero-order valence-electron chi connectivity index (χ0n) is 12.0. The van der Waals surface area contributed by atoms with Gasteiger partial charge in [0.05, 0.1) is 26.4 Å².